The molecule has 3 heteroatoms. The molecule has 0 saturated carbocycles. The van der Waals surface area contributed by atoms with Gasteiger partial charge in [0.15, 0.2) is 5.58 Å². The van der Waals surface area contributed by atoms with Crippen LogP contribution in [0.2, 0.25) is 5.02 Å². The Morgan fingerprint density at radius 2 is 1.70 bits per heavy atom. The standard InChI is InChI=1S/C17H16ClNO/c1-17(2,3)12-6-4-11(5-7-12)16-19-14-10-13(18)8-9-15(14)20-16/h4-10H,1-3H3. The van der Waals surface area contributed by atoms with Gasteiger partial charge in [0.25, 0.3) is 0 Å². The Balaban J connectivity index is 2.02. The number of oxazole rings is 1. The second-order valence-corrected chi connectivity index (χ2v) is 6.39. The molecule has 0 atom stereocenters. The summed E-state index contributed by atoms with van der Waals surface area (Å²) in [7, 11) is 0. The smallest absolute Gasteiger partial charge is 0.227 e. The third kappa shape index (κ3) is 2.44. The Kier molecular flexibility index (Phi) is 3.06. The molecule has 3 rings (SSSR count). The number of benzene rings is 2. The summed E-state index contributed by atoms with van der Waals surface area (Å²) in [6.45, 7) is 6.59. The van der Waals surface area contributed by atoms with Crippen LogP contribution in [0.4, 0.5) is 0 Å². The molecule has 0 aliphatic heterocycles. The lowest BCUT2D eigenvalue weighted by atomic mass is 9.87. The number of aromatic nitrogens is 1. The third-order valence-corrected chi connectivity index (χ3v) is 3.58. The first-order chi connectivity index (χ1) is 9.43. The van der Waals surface area contributed by atoms with E-state index in [0.29, 0.717) is 10.9 Å². The van der Waals surface area contributed by atoms with E-state index in [1.54, 1.807) is 0 Å². The molecule has 20 heavy (non-hydrogen) atoms. The van der Waals surface area contributed by atoms with Crippen LogP contribution in [-0.2, 0) is 5.41 Å². The van der Waals surface area contributed by atoms with E-state index in [-0.39, 0.29) is 5.41 Å². The highest BCUT2D eigenvalue weighted by Crippen LogP contribution is 2.28. The first kappa shape index (κ1) is 13.2. The summed E-state index contributed by atoms with van der Waals surface area (Å²) in [5.74, 6) is 0.628. The molecular weight excluding hydrogens is 270 g/mol. The molecular formula is C17H16ClNO. The predicted octanol–water partition coefficient (Wildman–Crippen LogP) is 5.45. The molecule has 0 unspecified atom stereocenters. The van der Waals surface area contributed by atoms with Crippen molar-refractivity contribution in [2.45, 2.75) is 26.2 Å². The number of halogens is 1. The molecule has 1 heterocycles. The fourth-order valence-corrected chi connectivity index (χ4v) is 2.30. The average molecular weight is 286 g/mol. The van der Waals surface area contributed by atoms with Crippen molar-refractivity contribution >= 4 is 22.7 Å². The molecule has 3 aromatic rings. The maximum atomic E-state index is 5.96. The van der Waals surface area contributed by atoms with Crippen LogP contribution in [0.25, 0.3) is 22.6 Å². The molecule has 1 aromatic heterocycles. The zero-order valence-electron chi connectivity index (χ0n) is 11.8. The molecule has 0 saturated heterocycles. The first-order valence-corrected chi connectivity index (χ1v) is 6.98. The maximum absolute atomic E-state index is 5.96. The zero-order valence-corrected chi connectivity index (χ0v) is 12.5. The molecule has 0 spiro atoms. The summed E-state index contributed by atoms with van der Waals surface area (Å²) in [5, 5.41) is 0.667. The van der Waals surface area contributed by atoms with Crippen LogP contribution in [-0.4, -0.2) is 4.98 Å². The van der Waals surface area contributed by atoms with E-state index in [0.717, 1.165) is 16.7 Å². The Morgan fingerprint density at radius 1 is 1.00 bits per heavy atom. The van der Waals surface area contributed by atoms with E-state index >= 15 is 0 Å². The van der Waals surface area contributed by atoms with Crippen LogP contribution in [0.1, 0.15) is 26.3 Å². The van der Waals surface area contributed by atoms with E-state index < -0.39 is 0 Å². The second kappa shape index (κ2) is 4.64. The van der Waals surface area contributed by atoms with Crippen molar-refractivity contribution < 1.29 is 4.42 Å². The quantitative estimate of drug-likeness (QED) is 0.594. The lowest BCUT2D eigenvalue weighted by Gasteiger charge is -2.18. The summed E-state index contributed by atoms with van der Waals surface area (Å²) < 4.78 is 5.76. The van der Waals surface area contributed by atoms with Gasteiger partial charge in [0.1, 0.15) is 5.52 Å². The minimum Gasteiger partial charge on any atom is -0.436 e. The molecule has 0 aliphatic carbocycles. The van der Waals surface area contributed by atoms with Gasteiger partial charge in [-0.1, -0.05) is 44.5 Å². The summed E-state index contributed by atoms with van der Waals surface area (Å²) in [6.07, 6.45) is 0. The van der Waals surface area contributed by atoms with Gasteiger partial charge in [-0.25, -0.2) is 4.98 Å². The topological polar surface area (TPSA) is 26.0 Å². The number of nitrogens with zero attached hydrogens (tertiary/aromatic N) is 1. The van der Waals surface area contributed by atoms with Crippen molar-refractivity contribution in [2.24, 2.45) is 0 Å². The normalized spacial score (nSPS) is 12.0. The molecule has 2 nitrogen and oxygen atoms in total. The largest absolute Gasteiger partial charge is 0.436 e. The van der Waals surface area contributed by atoms with Gasteiger partial charge in [-0.05, 0) is 41.3 Å². The average Bonchev–Trinajstić information content (AvgIpc) is 2.80. The Hall–Kier alpha value is -1.80. The fourth-order valence-electron chi connectivity index (χ4n) is 2.14. The van der Waals surface area contributed by atoms with Crippen molar-refractivity contribution in [2.75, 3.05) is 0 Å². The predicted molar refractivity (Wildman–Crippen MR) is 83.2 cm³/mol. The lowest BCUT2D eigenvalue weighted by Crippen LogP contribution is -2.10. The monoisotopic (exact) mass is 285 g/mol. The molecule has 0 amide bonds. The van der Waals surface area contributed by atoms with Crippen LogP contribution in [0, 0.1) is 0 Å². The lowest BCUT2D eigenvalue weighted by molar-refractivity contribution is 0.589. The summed E-state index contributed by atoms with van der Waals surface area (Å²) >= 11 is 5.96. The van der Waals surface area contributed by atoms with Gasteiger partial charge in [-0.2, -0.15) is 0 Å². The van der Waals surface area contributed by atoms with E-state index in [9.17, 15) is 0 Å². The molecule has 0 bridgehead atoms. The SMILES string of the molecule is CC(C)(C)c1ccc(-c2nc3cc(Cl)ccc3o2)cc1. The van der Waals surface area contributed by atoms with Gasteiger partial charge in [-0.3, -0.25) is 0 Å². The Labute approximate surface area is 123 Å². The van der Waals surface area contributed by atoms with Crippen LogP contribution in [0.3, 0.4) is 0 Å². The van der Waals surface area contributed by atoms with Crippen LogP contribution in [0.15, 0.2) is 46.9 Å². The van der Waals surface area contributed by atoms with Gasteiger partial charge in [0, 0.05) is 10.6 Å². The van der Waals surface area contributed by atoms with Crippen LogP contribution >= 0.6 is 11.6 Å². The first-order valence-electron chi connectivity index (χ1n) is 6.60. The summed E-state index contributed by atoms with van der Waals surface area (Å²) in [4.78, 5) is 4.48. The maximum Gasteiger partial charge on any atom is 0.227 e. The van der Waals surface area contributed by atoms with E-state index in [1.165, 1.54) is 5.56 Å². The van der Waals surface area contributed by atoms with Gasteiger partial charge in [0.2, 0.25) is 5.89 Å². The third-order valence-electron chi connectivity index (χ3n) is 3.35. The summed E-state index contributed by atoms with van der Waals surface area (Å²) in [6, 6.07) is 13.8. The van der Waals surface area contributed by atoms with Crippen molar-refractivity contribution in [3.8, 4) is 11.5 Å². The van der Waals surface area contributed by atoms with Crippen LogP contribution < -0.4 is 0 Å². The van der Waals surface area contributed by atoms with Crippen molar-refractivity contribution in [3.05, 3.63) is 53.1 Å². The minimum absolute atomic E-state index is 0.146. The zero-order chi connectivity index (χ0) is 14.3. The van der Waals surface area contributed by atoms with E-state index in [1.807, 2.05) is 30.3 Å². The highest BCUT2D eigenvalue weighted by molar-refractivity contribution is 6.31. The Bertz CT molecular complexity index is 751. The number of hydrogen-bond donors (Lipinski definition) is 0. The molecule has 102 valence electrons. The number of rotatable bonds is 1. The molecule has 0 fully saturated rings. The second-order valence-electron chi connectivity index (χ2n) is 5.96. The van der Waals surface area contributed by atoms with Gasteiger partial charge < -0.3 is 4.42 Å². The molecule has 0 N–H and O–H groups in total. The van der Waals surface area contributed by atoms with Crippen LogP contribution in [0.5, 0.6) is 0 Å². The van der Waals surface area contributed by atoms with Crippen molar-refractivity contribution in [1.29, 1.82) is 0 Å². The highest BCUT2D eigenvalue weighted by atomic mass is 35.5. The summed E-state index contributed by atoms with van der Waals surface area (Å²) in [5.41, 5.74) is 3.95. The fraction of sp³-hybridized carbons (Fsp3) is 0.235. The number of fused-ring (bicyclic) bond motifs is 1. The van der Waals surface area contributed by atoms with Gasteiger partial charge >= 0.3 is 0 Å². The van der Waals surface area contributed by atoms with Crippen molar-refractivity contribution in [3.63, 3.8) is 0 Å². The number of hydrogen-bond acceptors (Lipinski definition) is 2. The molecule has 0 radical (unpaired) electrons. The minimum atomic E-state index is 0.146. The Morgan fingerprint density at radius 3 is 2.35 bits per heavy atom. The molecule has 2 aromatic carbocycles. The highest BCUT2D eigenvalue weighted by Gasteiger charge is 2.14. The molecule has 0 aliphatic rings. The van der Waals surface area contributed by atoms with Crippen molar-refractivity contribution in [1.82, 2.24) is 4.98 Å². The van der Waals surface area contributed by atoms with Gasteiger partial charge in [0.05, 0.1) is 0 Å². The van der Waals surface area contributed by atoms with E-state index in [4.69, 9.17) is 16.0 Å². The van der Waals surface area contributed by atoms with Gasteiger partial charge in [-0.15, -0.1) is 0 Å². The van der Waals surface area contributed by atoms with E-state index in [2.05, 4.69) is 37.9 Å².